The molecule has 8 heteroatoms. The van der Waals surface area contributed by atoms with Gasteiger partial charge in [0, 0.05) is 0 Å². The molecule has 12 atom stereocenters. The molecule has 0 aromatic carbocycles. The van der Waals surface area contributed by atoms with Crippen molar-refractivity contribution >= 4 is 0 Å². The number of aliphatic hydroxyl groups excluding tert-OH is 5. The Kier molecular flexibility index (Phi) is 6.42. The molecule has 1 spiro atoms. The van der Waals surface area contributed by atoms with Gasteiger partial charge in [0.25, 0.3) is 0 Å². The molecule has 1 aliphatic heterocycles. The van der Waals surface area contributed by atoms with Gasteiger partial charge in [-0.1, -0.05) is 20.3 Å². The molecule has 3 unspecified atom stereocenters. The van der Waals surface area contributed by atoms with E-state index in [0.29, 0.717) is 24.9 Å². The van der Waals surface area contributed by atoms with E-state index in [4.69, 9.17) is 9.47 Å². The summed E-state index contributed by atoms with van der Waals surface area (Å²) in [4.78, 5) is 0. The number of ether oxygens (including phenoxy) is 2. The van der Waals surface area contributed by atoms with Crippen LogP contribution < -0.4 is 0 Å². The molecular weight excluding hydrogens is 440 g/mol. The summed E-state index contributed by atoms with van der Waals surface area (Å²) in [5.74, 6) is 1.15. The third-order valence-corrected chi connectivity index (χ3v) is 11.1. The van der Waals surface area contributed by atoms with E-state index in [1.54, 1.807) is 0 Å². The number of fused-ring (bicyclic) bond motifs is 3. The normalized spacial score (nSPS) is 57.2. The van der Waals surface area contributed by atoms with Crippen molar-refractivity contribution in [3.8, 4) is 0 Å². The van der Waals surface area contributed by atoms with Crippen LogP contribution >= 0.6 is 0 Å². The van der Waals surface area contributed by atoms with Crippen LogP contribution in [0.3, 0.4) is 0 Å². The Hall–Kier alpha value is -0.320. The van der Waals surface area contributed by atoms with Gasteiger partial charge in [-0.25, -0.2) is 0 Å². The van der Waals surface area contributed by atoms with E-state index in [0.717, 1.165) is 51.4 Å². The first-order chi connectivity index (χ1) is 16.0. The average Bonchev–Trinajstić information content (AvgIpc) is 3.02. The molecule has 0 aromatic rings. The van der Waals surface area contributed by atoms with Gasteiger partial charge in [-0.15, -0.1) is 0 Å². The fourth-order valence-electron chi connectivity index (χ4n) is 9.59. The molecule has 2 bridgehead atoms. The number of hydrogen-bond donors (Lipinski definition) is 6. The number of aliphatic hydroxyl groups is 6. The fraction of sp³-hybridized carbons (Fsp3) is 1.00. The molecule has 5 aliphatic rings. The smallest absolute Gasteiger partial charge is 0.186 e. The van der Waals surface area contributed by atoms with Gasteiger partial charge in [0.1, 0.15) is 24.4 Å². The first-order valence-corrected chi connectivity index (χ1v) is 13.3. The molecule has 34 heavy (non-hydrogen) atoms. The van der Waals surface area contributed by atoms with Gasteiger partial charge in [0.2, 0.25) is 0 Å². The van der Waals surface area contributed by atoms with Crippen LogP contribution in [0.15, 0.2) is 0 Å². The lowest BCUT2D eigenvalue weighted by atomic mass is 9.41. The van der Waals surface area contributed by atoms with Gasteiger partial charge in [0.05, 0.1) is 25.4 Å². The highest BCUT2D eigenvalue weighted by Gasteiger charge is 2.67. The molecule has 0 amide bonds. The Bertz CT molecular complexity index is 763. The van der Waals surface area contributed by atoms with Gasteiger partial charge < -0.3 is 40.1 Å². The molecule has 5 rings (SSSR count). The largest absolute Gasteiger partial charge is 0.394 e. The van der Waals surface area contributed by atoms with E-state index in [-0.39, 0.29) is 28.8 Å². The summed E-state index contributed by atoms with van der Waals surface area (Å²) in [5.41, 5.74) is -0.823. The second-order valence-electron chi connectivity index (χ2n) is 12.9. The van der Waals surface area contributed by atoms with Crippen molar-refractivity contribution in [3.05, 3.63) is 0 Å². The summed E-state index contributed by atoms with van der Waals surface area (Å²) in [6, 6.07) is 0. The molecule has 4 aliphatic carbocycles. The van der Waals surface area contributed by atoms with Crippen LogP contribution in [-0.2, 0) is 9.47 Å². The van der Waals surface area contributed by atoms with Gasteiger partial charge in [-0.3, -0.25) is 0 Å². The van der Waals surface area contributed by atoms with E-state index >= 15 is 0 Å². The maximum absolute atomic E-state index is 11.2. The van der Waals surface area contributed by atoms with Gasteiger partial charge in [0.15, 0.2) is 6.29 Å². The highest BCUT2D eigenvalue weighted by Crippen LogP contribution is 2.72. The van der Waals surface area contributed by atoms with Gasteiger partial charge >= 0.3 is 0 Å². The predicted molar refractivity (Wildman–Crippen MR) is 122 cm³/mol. The minimum atomic E-state index is -1.43. The third kappa shape index (κ3) is 3.63. The van der Waals surface area contributed by atoms with Gasteiger partial charge in [-0.05, 0) is 85.4 Å². The SMILES string of the molecule is C[C@@]1(CO[C@@H]2O[C@H](CO)[C@@H](O)[C@H](O)[C@H]2O)CCC[C@@]2(C)C3CC[C@@H]4CC3(CCC12)C[C@]4(O)CO. The van der Waals surface area contributed by atoms with Crippen molar-refractivity contribution in [3.63, 3.8) is 0 Å². The second kappa shape index (κ2) is 8.62. The lowest BCUT2D eigenvalue weighted by Crippen LogP contribution is -2.60. The zero-order valence-electron chi connectivity index (χ0n) is 20.6. The molecule has 0 aromatic heterocycles. The Morgan fingerprint density at radius 3 is 2.38 bits per heavy atom. The molecule has 0 radical (unpaired) electrons. The second-order valence-corrected chi connectivity index (χ2v) is 12.9. The molecule has 5 fully saturated rings. The Morgan fingerprint density at radius 2 is 1.68 bits per heavy atom. The minimum absolute atomic E-state index is 0.113. The number of rotatable bonds is 5. The quantitative estimate of drug-likeness (QED) is 0.339. The third-order valence-electron chi connectivity index (χ3n) is 11.1. The van der Waals surface area contributed by atoms with Crippen LogP contribution in [0.2, 0.25) is 0 Å². The monoisotopic (exact) mass is 484 g/mol. The van der Waals surface area contributed by atoms with Crippen LogP contribution in [0, 0.1) is 34.0 Å². The van der Waals surface area contributed by atoms with Crippen LogP contribution in [0.4, 0.5) is 0 Å². The van der Waals surface area contributed by atoms with Crippen molar-refractivity contribution in [2.24, 2.45) is 34.0 Å². The molecule has 1 saturated heterocycles. The maximum atomic E-state index is 11.2. The van der Waals surface area contributed by atoms with E-state index in [1.165, 1.54) is 0 Å². The van der Waals surface area contributed by atoms with Crippen LogP contribution in [0.25, 0.3) is 0 Å². The van der Waals surface area contributed by atoms with E-state index < -0.39 is 42.9 Å². The van der Waals surface area contributed by atoms with E-state index in [1.807, 2.05) is 0 Å². The van der Waals surface area contributed by atoms with Crippen molar-refractivity contribution in [2.75, 3.05) is 19.8 Å². The zero-order chi connectivity index (χ0) is 24.5. The molecule has 1 heterocycles. The standard InChI is InChI=1S/C26H44O8/c1-23(14-33-22-21(31)20(30)19(29)16(11-27)34-22)7-3-8-24(2)17(23)6-9-25-10-15(4-5-18(24)25)26(32,12-25)13-28/h15-22,27-32H,3-14H2,1-2H3/t15-,16-,17?,18?,19-,20+,21-,22-,23+,24-,25?,26+/m1/s1. The topological polar surface area (TPSA) is 140 Å². The van der Waals surface area contributed by atoms with Crippen molar-refractivity contribution in [1.82, 2.24) is 0 Å². The molecule has 4 saturated carbocycles. The van der Waals surface area contributed by atoms with Crippen molar-refractivity contribution in [2.45, 2.75) is 108 Å². The first kappa shape index (κ1) is 25.3. The maximum Gasteiger partial charge on any atom is 0.186 e. The summed E-state index contributed by atoms with van der Waals surface area (Å²) in [5, 5.41) is 61.3. The van der Waals surface area contributed by atoms with E-state index in [2.05, 4.69) is 13.8 Å². The molecule has 6 N–H and O–H groups in total. The highest BCUT2D eigenvalue weighted by atomic mass is 16.7. The van der Waals surface area contributed by atoms with Crippen LogP contribution in [0.5, 0.6) is 0 Å². The minimum Gasteiger partial charge on any atom is -0.394 e. The summed E-state index contributed by atoms with van der Waals surface area (Å²) in [6.07, 6.45) is 2.91. The molecular formula is C26H44O8. The Morgan fingerprint density at radius 1 is 0.912 bits per heavy atom. The summed E-state index contributed by atoms with van der Waals surface area (Å²) in [7, 11) is 0. The molecule has 8 nitrogen and oxygen atoms in total. The Labute approximate surface area is 202 Å². The van der Waals surface area contributed by atoms with Crippen LogP contribution in [-0.4, -0.2) is 86.8 Å². The predicted octanol–water partition coefficient (Wildman–Crippen LogP) is 0.939. The zero-order valence-corrected chi connectivity index (χ0v) is 20.6. The first-order valence-electron chi connectivity index (χ1n) is 13.3. The lowest BCUT2D eigenvalue weighted by Gasteiger charge is -2.64. The fourth-order valence-corrected chi connectivity index (χ4v) is 9.59. The van der Waals surface area contributed by atoms with Crippen LogP contribution in [0.1, 0.15) is 71.6 Å². The van der Waals surface area contributed by atoms with Crippen molar-refractivity contribution < 1.29 is 40.1 Å². The summed E-state index contributed by atoms with van der Waals surface area (Å²) >= 11 is 0. The van der Waals surface area contributed by atoms with Crippen molar-refractivity contribution in [1.29, 1.82) is 0 Å². The van der Waals surface area contributed by atoms with E-state index in [9.17, 15) is 30.6 Å². The highest BCUT2D eigenvalue weighted by molar-refractivity contribution is 5.17. The van der Waals surface area contributed by atoms with Gasteiger partial charge in [-0.2, -0.15) is 0 Å². The molecule has 196 valence electrons. The summed E-state index contributed by atoms with van der Waals surface area (Å²) < 4.78 is 11.7. The lowest BCUT2D eigenvalue weighted by molar-refractivity contribution is -0.310. The average molecular weight is 485 g/mol. The number of hydrogen-bond acceptors (Lipinski definition) is 8. The summed E-state index contributed by atoms with van der Waals surface area (Å²) in [6.45, 7) is 4.47. The Balaban J connectivity index is 1.34.